The van der Waals surface area contributed by atoms with Gasteiger partial charge >= 0.3 is 7.12 Å². The van der Waals surface area contributed by atoms with Gasteiger partial charge in [0.2, 0.25) is 0 Å². The zero-order chi connectivity index (χ0) is 13.7. The van der Waals surface area contributed by atoms with Crippen molar-refractivity contribution in [2.75, 3.05) is 26.9 Å². The molecule has 0 amide bonds. The fourth-order valence-corrected chi connectivity index (χ4v) is 2.12. The van der Waals surface area contributed by atoms with Gasteiger partial charge in [-0.3, -0.25) is 0 Å². The molecule has 0 aliphatic carbocycles. The predicted octanol–water partition coefficient (Wildman–Crippen LogP) is -0.0719. The van der Waals surface area contributed by atoms with E-state index in [0.29, 0.717) is 30.3 Å². The fraction of sp³-hybridized carbons (Fsp3) is 0.538. The van der Waals surface area contributed by atoms with Crippen molar-refractivity contribution in [3.63, 3.8) is 0 Å². The van der Waals surface area contributed by atoms with E-state index in [1.165, 1.54) is 0 Å². The van der Waals surface area contributed by atoms with E-state index in [1.807, 2.05) is 0 Å². The summed E-state index contributed by atoms with van der Waals surface area (Å²) in [7, 11) is 0.103. The third-order valence-electron chi connectivity index (χ3n) is 3.24. The molecule has 0 aromatic heterocycles. The maximum Gasteiger partial charge on any atom is 0.488 e. The van der Waals surface area contributed by atoms with Crippen molar-refractivity contribution in [2.24, 2.45) is 5.92 Å². The van der Waals surface area contributed by atoms with Crippen LogP contribution in [-0.4, -0.2) is 44.1 Å². The van der Waals surface area contributed by atoms with Gasteiger partial charge in [0.05, 0.1) is 26.9 Å². The first-order valence-electron chi connectivity index (χ1n) is 6.39. The van der Waals surface area contributed by atoms with E-state index in [2.05, 4.69) is 0 Å². The second kappa shape index (κ2) is 6.91. The van der Waals surface area contributed by atoms with Crippen molar-refractivity contribution in [1.82, 2.24) is 0 Å². The molecule has 5 nitrogen and oxygen atoms in total. The molecule has 1 aromatic carbocycles. The molecule has 0 spiro atoms. The Morgan fingerprint density at radius 1 is 1.42 bits per heavy atom. The van der Waals surface area contributed by atoms with Crippen molar-refractivity contribution < 1.29 is 24.3 Å². The summed E-state index contributed by atoms with van der Waals surface area (Å²) in [5.74, 6) is 1.14. The molecule has 1 aliphatic heterocycles. The van der Waals surface area contributed by atoms with Gasteiger partial charge < -0.3 is 24.3 Å². The minimum atomic E-state index is -1.48. The lowest BCUT2D eigenvalue weighted by molar-refractivity contribution is 0.0780. The maximum atomic E-state index is 9.17. The first kappa shape index (κ1) is 14.3. The van der Waals surface area contributed by atoms with Crippen LogP contribution in [0.1, 0.15) is 12.0 Å². The van der Waals surface area contributed by atoms with Crippen LogP contribution < -0.4 is 10.2 Å². The van der Waals surface area contributed by atoms with Gasteiger partial charge in [-0.25, -0.2) is 0 Å². The zero-order valence-electron chi connectivity index (χ0n) is 11.0. The second-order valence-corrected chi connectivity index (χ2v) is 4.69. The summed E-state index contributed by atoms with van der Waals surface area (Å²) >= 11 is 0. The van der Waals surface area contributed by atoms with Crippen molar-refractivity contribution in [2.45, 2.75) is 13.0 Å². The molecule has 2 rings (SSSR count). The van der Waals surface area contributed by atoms with E-state index in [9.17, 15) is 0 Å². The van der Waals surface area contributed by atoms with Gasteiger partial charge in [-0.15, -0.1) is 0 Å². The lowest BCUT2D eigenvalue weighted by atomic mass is 9.79. The molecule has 1 heterocycles. The average molecular weight is 266 g/mol. The molecule has 1 fully saturated rings. The number of rotatable bonds is 6. The summed E-state index contributed by atoms with van der Waals surface area (Å²) in [5.41, 5.74) is 1.25. The molecule has 1 atom stereocenters. The van der Waals surface area contributed by atoms with Crippen LogP contribution in [0.25, 0.3) is 0 Å². The topological polar surface area (TPSA) is 68.2 Å². The van der Waals surface area contributed by atoms with Crippen molar-refractivity contribution in [1.29, 1.82) is 0 Å². The highest BCUT2D eigenvalue weighted by Gasteiger charge is 2.17. The second-order valence-electron chi connectivity index (χ2n) is 4.69. The average Bonchev–Trinajstić information content (AvgIpc) is 2.91. The Kier molecular flexibility index (Phi) is 5.21. The molecule has 1 saturated heterocycles. The standard InChI is InChI=1S/C13H19BO5/c1-17-13-3-2-12(14(15)16)6-11(13)9-19-8-10-4-5-18-7-10/h2-3,6,10,15-16H,4-5,7-9H2,1H3. The number of ether oxygens (including phenoxy) is 3. The Balaban J connectivity index is 1.94. The Labute approximate surface area is 113 Å². The van der Waals surface area contributed by atoms with E-state index in [4.69, 9.17) is 24.3 Å². The summed E-state index contributed by atoms with van der Waals surface area (Å²) in [6, 6.07) is 5.03. The highest BCUT2D eigenvalue weighted by atomic mass is 16.5. The maximum absolute atomic E-state index is 9.17. The van der Waals surface area contributed by atoms with Crippen LogP contribution in [0, 0.1) is 5.92 Å². The molecule has 1 aromatic rings. The Morgan fingerprint density at radius 3 is 2.89 bits per heavy atom. The predicted molar refractivity (Wildman–Crippen MR) is 71.4 cm³/mol. The van der Waals surface area contributed by atoms with Crippen LogP contribution in [0.2, 0.25) is 0 Å². The number of hydrogen-bond acceptors (Lipinski definition) is 5. The minimum Gasteiger partial charge on any atom is -0.496 e. The van der Waals surface area contributed by atoms with Crippen LogP contribution >= 0.6 is 0 Å². The van der Waals surface area contributed by atoms with Crippen molar-refractivity contribution in [3.8, 4) is 5.75 Å². The smallest absolute Gasteiger partial charge is 0.488 e. The van der Waals surface area contributed by atoms with Gasteiger partial charge in [0.1, 0.15) is 5.75 Å². The van der Waals surface area contributed by atoms with Crippen molar-refractivity contribution in [3.05, 3.63) is 23.8 Å². The van der Waals surface area contributed by atoms with Gasteiger partial charge in [0, 0.05) is 18.1 Å². The van der Waals surface area contributed by atoms with E-state index < -0.39 is 7.12 Å². The molecule has 0 saturated carbocycles. The molecule has 1 aliphatic rings. The number of methoxy groups -OCH3 is 1. The first-order valence-corrected chi connectivity index (χ1v) is 6.39. The Morgan fingerprint density at radius 2 is 2.26 bits per heavy atom. The number of hydrogen-bond donors (Lipinski definition) is 2. The fourth-order valence-electron chi connectivity index (χ4n) is 2.12. The monoisotopic (exact) mass is 266 g/mol. The van der Waals surface area contributed by atoms with E-state index in [0.717, 1.165) is 25.2 Å². The van der Waals surface area contributed by atoms with E-state index in [1.54, 1.807) is 25.3 Å². The third-order valence-corrected chi connectivity index (χ3v) is 3.24. The summed E-state index contributed by atoms with van der Waals surface area (Å²) in [6.45, 7) is 2.60. The molecule has 0 radical (unpaired) electrons. The largest absolute Gasteiger partial charge is 0.496 e. The molecule has 2 N–H and O–H groups in total. The van der Waals surface area contributed by atoms with Crippen LogP contribution in [0.15, 0.2) is 18.2 Å². The molecule has 1 unspecified atom stereocenters. The quantitative estimate of drug-likeness (QED) is 0.705. The summed E-state index contributed by atoms with van der Waals surface area (Å²) in [5, 5.41) is 18.3. The van der Waals surface area contributed by atoms with Crippen LogP contribution in [-0.2, 0) is 16.1 Å². The third kappa shape index (κ3) is 3.94. The van der Waals surface area contributed by atoms with Gasteiger partial charge in [-0.1, -0.05) is 12.1 Å². The van der Waals surface area contributed by atoms with E-state index >= 15 is 0 Å². The van der Waals surface area contributed by atoms with Crippen LogP contribution in [0.5, 0.6) is 5.75 Å². The van der Waals surface area contributed by atoms with Gasteiger partial charge in [0.15, 0.2) is 0 Å². The summed E-state index contributed by atoms with van der Waals surface area (Å²) < 4.78 is 16.2. The molecule has 6 heteroatoms. The summed E-state index contributed by atoms with van der Waals surface area (Å²) in [4.78, 5) is 0. The van der Waals surface area contributed by atoms with Crippen LogP contribution in [0.4, 0.5) is 0 Å². The van der Waals surface area contributed by atoms with Gasteiger partial charge in [-0.2, -0.15) is 0 Å². The zero-order valence-corrected chi connectivity index (χ0v) is 11.0. The Bertz CT molecular complexity index is 404. The van der Waals surface area contributed by atoms with Gasteiger partial charge in [0.25, 0.3) is 0 Å². The molecular formula is C13H19BO5. The van der Waals surface area contributed by atoms with E-state index in [-0.39, 0.29) is 0 Å². The normalized spacial score (nSPS) is 18.6. The molecule has 0 bridgehead atoms. The van der Waals surface area contributed by atoms with Crippen molar-refractivity contribution >= 4 is 12.6 Å². The summed E-state index contributed by atoms with van der Waals surface area (Å²) in [6.07, 6.45) is 1.03. The lowest BCUT2D eigenvalue weighted by Gasteiger charge is -2.13. The molecular weight excluding hydrogens is 247 g/mol. The van der Waals surface area contributed by atoms with Crippen LogP contribution in [0.3, 0.4) is 0 Å². The molecule has 19 heavy (non-hydrogen) atoms. The minimum absolute atomic E-state index is 0.389. The van der Waals surface area contributed by atoms with Gasteiger partial charge in [-0.05, 0) is 17.9 Å². The molecule has 104 valence electrons. The first-order chi connectivity index (χ1) is 9.20. The number of benzene rings is 1. The highest BCUT2D eigenvalue weighted by Crippen LogP contribution is 2.19. The highest BCUT2D eigenvalue weighted by molar-refractivity contribution is 6.58. The lowest BCUT2D eigenvalue weighted by Crippen LogP contribution is -2.30. The SMILES string of the molecule is COc1ccc(B(O)O)cc1COCC1CCOC1. The Hall–Kier alpha value is -1.08.